The standard InChI is InChI=1S/C12H17N5/c1-8(2)17-6-9(5-15-17)11-12(13)16(7-14-11)10-3-4-10/h5-8,10H,3-4,13H2,1-2H3. The molecule has 0 saturated heterocycles. The third-order valence-corrected chi connectivity index (χ3v) is 3.18. The number of hydrogen-bond acceptors (Lipinski definition) is 3. The monoisotopic (exact) mass is 231 g/mol. The lowest BCUT2D eigenvalue weighted by Gasteiger charge is -2.03. The Bertz CT molecular complexity index is 533. The fourth-order valence-corrected chi connectivity index (χ4v) is 1.98. The van der Waals surface area contributed by atoms with Gasteiger partial charge in [0.2, 0.25) is 0 Å². The summed E-state index contributed by atoms with van der Waals surface area (Å²) in [5.41, 5.74) is 7.97. The van der Waals surface area contributed by atoms with Gasteiger partial charge in [-0.1, -0.05) is 0 Å². The predicted octanol–water partition coefficient (Wildman–Crippen LogP) is 2.24. The van der Waals surface area contributed by atoms with Crippen molar-refractivity contribution in [3.05, 3.63) is 18.7 Å². The van der Waals surface area contributed by atoms with Crippen LogP contribution in [0.15, 0.2) is 18.7 Å². The molecule has 1 aliphatic carbocycles. The fraction of sp³-hybridized carbons (Fsp3) is 0.500. The zero-order valence-electron chi connectivity index (χ0n) is 10.2. The molecule has 5 nitrogen and oxygen atoms in total. The lowest BCUT2D eigenvalue weighted by atomic mass is 10.2. The van der Waals surface area contributed by atoms with E-state index < -0.39 is 0 Å². The molecule has 0 bridgehead atoms. The van der Waals surface area contributed by atoms with Crippen molar-refractivity contribution in [2.75, 3.05) is 5.73 Å². The summed E-state index contributed by atoms with van der Waals surface area (Å²) in [5, 5.41) is 4.31. The molecule has 0 aliphatic heterocycles. The summed E-state index contributed by atoms with van der Waals surface area (Å²) in [6.45, 7) is 4.20. The van der Waals surface area contributed by atoms with E-state index in [4.69, 9.17) is 5.73 Å². The van der Waals surface area contributed by atoms with Gasteiger partial charge in [-0.25, -0.2) is 4.98 Å². The maximum atomic E-state index is 6.13. The Kier molecular flexibility index (Phi) is 2.21. The Labute approximate surface area is 100 Å². The van der Waals surface area contributed by atoms with Crippen LogP contribution in [0.1, 0.15) is 38.8 Å². The number of rotatable bonds is 3. The highest BCUT2D eigenvalue weighted by Crippen LogP contribution is 2.39. The molecular formula is C12H17N5. The summed E-state index contributed by atoms with van der Waals surface area (Å²) in [5.74, 6) is 0.760. The van der Waals surface area contributed by atoms with Crippen LogP contribution >= 0.6 is 0 Å². The lowest BCUT2D eigenvalue weighted by molar-refractivity contribution is 0.532. The summed E-state index contributed by atoms with van der Waals surface area (Å²) >= 11 is 0. The SMILES string of the molecule is CC(C)n1cc(-c2ncn(C3CC3)c2N)cn1. The van der Waals surface area contributed by atoms with Crippen LogP contribution in [0, 0.1) is 0 Å². The molecule has 0 amide bonds. The van der Waals surface area contributed by atoms with Gasteiger partial charge >= 0.3 is 0 Å². The van der Waals surface area contributed by atoms with E-state index in [0.717, 1.165) is 17.1 Å². The summed E-state index contributed by atoms with van der Waals surface area (Å²) in [6, 6.07) is 0.923. The van der Waals surface area contributed by atoms with E-state index in [9.17, 15) is 0 Å². The van der Waals surface area contributed by atoms with Gasteiger partial charge in [-0.3, -0.25) is 4.68 Å². The number of imidazole rings is 1. The molecule has 0 spiro atoms. The highest BCUT2D eigenvalue weighted by atomic mass is 15.3. The normalized spacial score (nSPS) is 15.7. The van der Waals surface area contributed by atoms with Gasteiger partial charge in [0.05, 0.1) is 12.5 Å². The molecule has 5 heteroatoms. The molecule has 3 rings (SSSR count). The van der Waals surface area contributed by atoms with Crippen LogP contribution < -0.4 is 5.73 Å². The maximum Gasteiger partial charge on any atom is 0.131 e. The van der Waals surface area contributed by atoms with Crippen LogP contribution in [-0.2, 0) is 0 Å². The van der Waals surface area contributed by atoms with E-state index in [2.05, 4.69) is 28.5 Å². The topological polar surface area (TPSA) is 61.7 Å². The van der Waals surface area contributed by atoms with E-state index in [0.29, 0.717) is 12.1 Å². The lowest BCUT2D eigenvalue weighted by Crippen LogP contribution is -2.00. The van der Waals surface area contributed by atoms with Crippen LogP contribution in [0.4, 0.5) is 5.82 Å². The van der Waals surface area contributed by atoms with Crippen LogP contribution in [0.2, 0.25) is 0 Å². The second-order valence-electron chi connectivity index (χ2n) is 4.92. The Morgan fingerprint density at radius 1 is 1.41 bits per heavy atom. The summed E-state index contributed by atoms with van der Waals surface area (Å²) < 4.78 is 3.99. The van der Waals surface area contributed by atoms with Crippen LogP contribution in [0.25, 0.3) is 11.3 Å². The molecule has 1 saturated carbocycles. The van der Waals surface area contributed by atoms with Crippen LogP contribution in [0.3, 0.4) is 0 Å². The molecule has 1 aliphatic rings. The van der Waals surface area contributed by atoms with Crippen molar-refractivity contribution in [1.29, 1.82) is 0 Å². The van der Waals surface area contributed by atoms with Crippen molar-refractivity contribution in [2.45, 2.75) is 38.8 Å². The smallest absolute Gasteiger partial charge is 0.131 e. The van der Waals surface area contributed by atoms with Crippen molar-refractivity contribution in [1.82, 2.24) is 19.3 Å². The first-order chi connectivity index (χ1) is 8.16. The summed E-state index contributed by atoms with van der Waals surface area (Å²) in [4.78, 5) is 4.40. The molecule has 90 valence electrons. The molecule has 2 N–H and O–H groups in total. The van der Waals surface area contributed by atoms with Gasteiger partial charge in [0.15, 0.2) is 0 Å². The number of nitrogens with two attached hydrogens (primary N) is 1. The van der Waals surface area contributed by atoms with E-state index in [1.165, 1.54) is 12.8 Å². The first-order valence-electron chi connectivity index (χ1n) is 6.03. The van der Waals surface area contributed by atoms with Crippen molar-refractivity contribution < 1.29 is 0 Å². The van der Waals surface area contributed by atoms with E-state index in [-0.39, 0.29) is 0 Å². The largest absolute Gasteiger partial charge is 0.383 e. The molecule has 2 aromatic rings. The molecule has 0 unspecified atom stereocenters. The van der Waals surface area contributed by atoms with Gasteiger partial charge < -0.3 is 10.3 Å². The van der Waals surface area contributed by atoms with E-state index in [1.807, 2.05) is 23.4 Å². The molecule has 0 radical (unpaired) electrons. The van der Waals surface area contributed by atoms with Crippen molar-refractivity contribution in [3.8, 4) is 11.3 Å². The van der Waals surface area contributed by atoms with Gasteiger partial charge in [-0.15, -0.1) is 0 Å². The molecule has 2 aromatic heterocycles. The molecule has 0 atom stereocenters. The number of aromatic nitrogens is 4. The van der Waals surface area contributed by atoms with E-state index >= 15 is 0 Å². The van der Waals surface area contributed by atoms with Crippen molar-refractivity contribution >= 4 is 5.82 Å². The third kappa shape index (κ3) is 1.71. The Morgan fingerprint density at radius 2 is 2.18 bits per heavy atom. The maximum absolute atomic E-state index is 6.13. The average Bonchev–Trinajstić information content (AvgIpc) is 2.88. The highest BCUT2D eigenvalue weighted by molar-refractivity contribution is 5.69. The zero-order chi connectivity index (χ0) is 12.0. The van der Waals surface area contributed by atoms with Gasteiger partial charge in [0.1, 0.15) is 11.5 Å². The highest BCUT2D eigenvalue weighted by Gasteiger charge is 2.26. The van der Waals surface area contributed by atoms with Crippen molar-refractivity contribution in [2.24, 2.45) is 0 Å². The quantitative estimate of drug-likeness (QED) is 0.881. The summed E-state index contributed by atoms with van der Waals surface area (Å²) in [7, 11) is 0. The van der Waals surface area contributed by atoms with Crippen LogP contribution in [-0.4, -0.2) is 19.3 Å². The minimum absolute atomic E-state index is 0.357. The Balaban J connectivity index is 1.97. The van der Waals surface area contributed by atoms with Gasteiger partial charge in [0, 0.05) is 23.8 Å². The number of anilines is 1. The molecule has 17 heavy (non-hydrogen) atoms. The third-order valence-electron chi connectivity index (χ3n) is 3.18. The van der Waals surface area contributed by atoms with E-state index in [1.54, 1.807) is 0 Å². The second kappa shape index (κ2) is 3.61. The zero-order valence-corrected chi connectivity index (χ0v) is 10.2. The van der Waals surface area contributed by atoms with Gasteiger partial charge in [0.25, 0.3) is 0 Å². The fourth-order valence-electron chi connectivity index (χ4n) is 1.98. The summed E-state index contributed by atoms with van der Waals surface area (Å²) in [6.07, 6.45) is 8.10. The number of hydrogen-bond donors (Lipinski definition) is 1. The van der Waals surface area contributed by atoms with Crippen molar-refractivity contribution in [3.63, 3.8) is 0 Å². The average molecular weight is 231 g/mol. The molecule has 1 fully saturated rings. The van der Waals surface area contributed by atoms with Crippen LogP contribution in [0.5, 0.6) is 0 Å². The molecular weight excluding hydrogens is 214 g/mol. The minimum atomic E-state index is 0.357. The minimum Gasteiger partial charge on any atom is -0.383 e. The Hall–Kier alpha value is -1.78. The molecule has 2 heterocycles. The molecule has 0 aromatic carbocycles. The Morgan fingerprint density at radius 3 is 2.76 bits per heavy atom. The second-order valence-corrected chi connectivity index (χ2v) is 4.92. The number of nitrogens with zero attached hydrogens (tertiary/aromatic N) is 4. The number of nitrogen functional groups attached to an aromatic ring is 1. The van der Waals surface area contributed by atoms with Gasteiger partial charge in [-0.2, -0.15) is 5.10 Å². The van der Waals surface area contributed by atoms with Gasteiger partial charge in [-0.05, 0) is 26.7 Å². The first-order valence-corrected chi connectivity index (χ1v) is 6.03. The predicted molar refractivity (Wildman–Crippen MR) is 66.5 cm³/mol. The first kappa shape index (κ1) is 10.4.